The fourth-order valence-corrected chi connectivity index (χ4v) is 4.00. The molecule has 0 aliphatic rings. The Morgan fingerprint density at radius 2 is 1.90 bits per heavy atom. The Labute approximate surface area is 193 Å². The summed E-state index contributed by atoms with van der Waals surface area (Å²) in [6.45, 7) is 3.91. The molecule has 1 amide bonds. The van der Waals surface area contributed by atoms with Gasteiger partial charge in [0.15, 0.2) is 17.1 Å². The number of amides is 1. The maximum atomic E-state index is 12.3. The lowest BCUT2D eigenvalue weighted by molar-refractivity contribution is -0.113. The number of nitrogens with one attached hydrogen (secondary N) is 1. The Morgan fingerprint density at radius 1 is 1.17 bits per heavy atom. The van der Waals surface area contributed by atoms with Crippen LogP contribution in [0.3, 0.4) is 0 Å². The van der Waals surface area contributed by atoms with E-state index >= 15 is 0 Å². The van der Waals surface area contributed by atoms with E-state index in [1.165, 1.54) is 23.9 Å². The Bertz CT molecular complexity index is 1070. The number of aromatic nitrogens is 3. The third kappa shape index (κ3) is 5.60. The van der Waals surface area contributed by atoms with Gasteiger partial charge in [0.1, 0.15) is 5.75 Å². The first kappa shape index (κ1) is 22.7. The van der Waals surface area contributed by atoms with Crippen molar-refractivity contribution in [3.8, 4) is 5.75 Å². The molecule has 1 heterocycles. The van der Waals surface area contributed by atoms with E-state index < -0.39 is 0 Å². The summed E-state index contributed by atoms with van der Waals surface area (Å²) in [6, 6.07) is 10.8. The number of halogens is 3. The van der Waals surface area contributed by atoms with E-state index in [1.807, 2.05) is 49.7 Å². The molecule has 3 rings (SSSR count). The van der Waals surface area contributed by atoms with E-state index in [0.29, 0.717) is 31.7 Å². The highest BCUT2D eigenvalue weighted by Gasteiger charge is 2.18. The van der Waals surface area contributed by atoms with Crippen LogP contribution in [0.2, 0.25) is 15.1 Å². The zero-order valence-corrected chi connectivity index (χ0v) is 19.5. The lowest BCUT2D eigenvalue weighted by atomic mass is 10.2. The normalized spacial score (nSPS) is 11.9. The second kappa shape index (κ2) is 9.92. The van der Waals surface area contributed by atoms with Crippen LogP contribution in [0.1, 0.15) is 24.4 Å². The number of nitrogens with zero attached hydrogens (tertiary/aromatic N) is 3. The van der Waals surface area contributed by atoms with Gasteiger partial charge in [-0.05, 0) is 43.7 Å². The quantitative estimate of drug-likeness (QED) is 0.330. The molecule has 3 aromatic rings. The van der Waals surface area contributed by atoms with Crippen LogP contribution < -0.4 is 10.1 Å². The number of carbonyl (C=O) groups is 1. The highest BCUT2D eigenvalue weighted by Crippen LogP contribution is 2.32. The fourth-order valence-electron chi connectivity index (χ4n) is 2.69. The van der Waals surface area contributed by atoms with E-state index in [1.54, 1.807) is 0 Å². The van der Waals surface area contributed by atoms with Crippen LogP contribution in [-0.4, -0.2) is 26.4 Å². The molecule has 10 heteroatoms. The molecule has 1 aromatic heterocycles. The molecule has 0 spiro atoms. The van der Waals surface area contributed by atoms with Gasteiger partial charge >= 0.3 is 0 Å². The van der Waals surface area contributed by atoms with Crippen LogP contribution in [0.4, 0.5) is 5.69 Å². The van der Waals surface area contributed by atoms with Crippen molar-refractivity contribution in [2.45, 2.75) is 25.1 Å². The summed E-state index contributed by atoms with van der Waals surface area (Å²) in [4.78, 5) is 12.3. The van der Waals surface area contributed by atoms with Crippen molar-refractivity contribution < 1.29 is 9.53 Å². The molecule has 1 unspecified atom stereocenters. The molecule has 0 aliphatic heterocycles. The molecule has 30 heavy (non-hydrogen) atoms. The topological polar surface area (TPSA) is 69.0 Å². The molecule has 158 valence electrons. The highest BCUT2D eigenvalue weighted by molar-refractivity contribution is 7.99. The molecule has 0 saturated heterocycles. The zero-order valence-electron chi connectivity index (χ0n) is 16.4. The number of anilines is 1. The number of benzene rings is 2. The fraction of sp³-hybridized carbons (Fsp3) is 0.250. The molecule has 2 aromatic carbocycles. The Kier molecular flexibility index (Phi) is 7.52. The average Bonchev–Trinajstić information content (AvgIpc) is 3.05. The van der Waals surface area contributed by atoms with Gasteiger partial charge in [0, 0.05) is 7.05 Å². The molecule has 0 saturated carbocycles. The molecular weight excluding hydrogens is 467 g/mol. The first-order chi connectivity index (χ1) is 14.2. The Morgan fingerprint density at radius 3 is 2.63 bits per heavy atom. The first-order valence-electron chi connectivity index (χ1n) is 8.94. The van der Waals surface area contributed by atoms with E-state index in [0.717, 1.165) is 11.3 Å². The number of carbonyl (C=O) groups excluding carboxylic acids is 1. The summed E-state index contributed by atoms with van der Waals surface area (Å²) in [5.41, 5.74) is 1.51. The minimum absolute atomic E-state index is 0.121. The van der Waals surface area contributed by atoms with Gasteiger partial charge in [-0.25, -0.2) is 0 Å². The van der Waals surface area contributed by atoms with Crippen LogP contribution in [0.15, 0.2) is 41.6 Å². The minimum Gasteiger partial charge on any atom is -0.483 e. The van der Waals surface area contributed by atoms with Gasteiger partial charge in [0.05, 0.1) is 26.5 Å². The summed E-state index contributed by atoms with van der Waals surface area (Å²) in [7, 11) is 1.83. The second-order valence-electron chi connectivity index (χ2n) is 6.56. The summed E-state index contributed by atoms with van der Waals surface area (Å²) >= 11 is 19.2. The molecule has 6 nitrogen and oxygen atoms in total. The summed E-state index contributed by atoms with van der Waals surface area (Å²) in [5, 5.41) is 12.6. The van der Waals surface area contributed by atoms with Crippen LogP contribution in [0.25, 0.3) is 0 Å². The molecule has 1 atom stereocenters. The molecule has 0 bridgehead atoms. The van der Waals surface area contributed by atoms with Crippen molar-refractivity contribution in [3.05, 3.63) is 62.9 Å². The number of rotatable bonds is 7. The van der Waals surface area contributed by atoms with E-state index in [2.05, 4.69) is 15.5 Å². The zero-order chi connectivity index (χ0) is 21.8. The number of hydrogen-bond acceptors (Lipinski definition) is 5. The SMILES string of the molecule is Cc1cccc(OC(C)c2nnc(SCC(=O)Nc3cc(Cl)c(Cl)cc3Cl)n2C)c1. The van der Waals surface area contributed by atoms with Gasteiger partial charge in [-0.3, -0.25) is 4.79 Å². The van der Waals surface area contributed by atoms with E-state index in [9.17, 15) is 4.79 Å². The molecule has 0 fully saturated rings. The van der Waals surface area contributed by atoms with Gasteiger partial charge in [-0.15, -0.1) is 10.2 Å². The summed E-state index contributed by atoms with van der Waals surface area (Å²) in [6.07, 6.45) is -0.303. The third-order valence-electron chi connectivity index (χ3n) is 4.15. The lowest BCUT2D eigenvalue weighted by Gasteiger charge is -2.14. The standard InChI is InChI=1S/C20H19Cl3N4O2S/c1-11-5-4-6-13(7-11)29-12(2)19-25-26-20(27(19)3)30-10-18(28)24-17-9-15(22)14(21)8-16(17)23/h4-9,12H,10H2,1-3H3,(H,24,28). The number of aryl methyl sites for hydroxylation is 1. The molecule has 1 N–H and O–H groups in total. The molecular formula is C20H19Cl3N4O2S. The van der Waals surface area contributed by atoms with Crippen molar-refractivity contribution >= 4 is 58.2 Å². The largest absolute Gasteiger partial charge is 0.483 e. The second-order valence-corrected chi connectivity index (χ2v) is 8.72. The number of hydrogen-bond donors (Lipinski definition) is 1. The van der Waals surface area contributed by atoms with Crippen molar-refractivity contribution in [1.82, 2.24) is 14.8 Å². The Hall–Kier alpha value is -1.93. The maximum absolute atomic E-state index is 12.3. The third-order valence-corrected chi connectivity index (χ3v) is 6.21. The van der Waals surface area contributed by atoms with Gasteiger partial charge in [0.2, 0.25) is 5.91 Å². The highest BCUT2D eigenvalue weighted by atomic mass is 35.5. The minimum atomic E-state index is -0.303. The van der Waals surface area contributed by atoms with Crippen LogP contribution in [-0.2, 0) is 11.8 Å². The summed E-state index contributed by atoms with van der Waals surface area (Å²) in [5.74, 6) is 1.29. The van der Waals surface area contributed by atoms with Crippen molar-refractivity contribution in [2.75, 3.05) is 11.1 Å². The van der Waals surface area contributed by atoms with Gasteiger partial charge in [0.25, 0.3) is 0 Å². The van der Waals surface area contributed by atoms with Crippen LogP contribution in [0, 0.1) is 6.92 Å². The van der Waals surface area contributed by atoms with Crippen molar-refractivity contribution in [1.29, 1.82) is 0 Å². The average molecular weight is 486 g/mol. The van der Waals surface area contributed by atoms with Crippen LogP contribution >= 0.6 is 46.6 Å². The Balaban J connectivity index is 1.61. The van der Waals surface area contributed by atoms with E-state index in [4.69, 9.17) is 39.5 Å². The van der Waals surface area contributed by atoms with Gasteiger partial charge < -0.3 is 14.6 Å². The predicted octanol–water partition coefficient (Wildman–Crippen LogP) is 5.95. The maximum Gasteiger partial charge on any atom is 0.234 e. The van der Waals surface area contributed by atoms with Crippen LogP contribution in [0.5, 0.6) is 5.75 Å². The molecule has 0 aliphatic carbocycles. The van der Waals surface area contributed by atoms with Gasteiger partial charge in [-0.1, -0.05) is 58.7 Å². The van der Waals surface area contributed by atoms with Gasteiger partial charge in [-0.2, -0.15) is 0 Å². The van der Waals surface area contributed by atoms with Crippen molar-refractivity contribution in [2.24, 2.45) is 7.05 Å². The number of thioether (sulfide) groups is 1. The monoisotopic (exact) mass is 484 g/mol. The smallest absolute Gasteiger partial charge is 0.234 e. The van der Waals surface area contributed by atoms with E-state index in [-0.39, 0.29) is 17.8 Å². The summed E-state index contributed by atoms with van der Waals surface area (Å²) < 4.78 is 7.77. The lowest BCUT2D eigenvalue weighted by Crippen LogP contribution is -2.15. The predicted molar refractivity (Wildman–Crippen MR) is 122 cm³/mol. The first-order valence-corrected chi connectivity index (χ1v) is 11.1. The molecule has 0 radical (unpaired) electrons. The van der Waals surface area contributed by atoms with Crippen molar-refractivity contribution in [3.63, 3.8) is 0 Å². The number of ether oxygens (including phenoxy) is 1.